The predicted octanol–water partition coefficient (Wildman–Crippen LogP) is 4.19. The first-order chi connectivity index (χ1) is 14.4. The largest absolute Gasteiger partial charge is 0.492 e. The number of benzene rings is 2. The highest BCUT2D eigenvalue weighted by Crippen LogP contribution is 2.29. The van der Waals surface area contributed by atoms with E-state index >= 15 is 0 Å². The number of anilines is 1. The van der Waals surface area contributed by atoms with Gasteiger partial charge in [-0.2, -0.15) is 4.31 Å². The molecule has 0 atom stereocenters. The number of nitrogens with one attached hydrogen (secondary N) is 1. The molecule has 8 heteroatoms. The SMILES string of the molecule is CCOc1ccccc1NC(=O)CN(C1CCCCC1)S(=O)(=O)c1ccc(F)cc1. The first-order valence-corrected chi connectivity index (χ1v) is 11.6. The maximum Gasteiger partial charge on any atom is 0.243 e. The van der Waals surface area contributed by atoms with Crippen molar-refractivity contribution in [2.24, 2.45) is 0 Å². The van der Waals surface area contributed by atoms with Crippen LogP contribution in [0, 0.1) is 5.82 Å². The highest BCUT2D eigenvalue weighted by Gasteiger charge is 2.34. The number of sulfonamides is 1. The summed E-state index contributed by atoms with van der Waals surface area (Å²) in [7, 11) is -3.95. The number of ether oxygens (including phenoxy) is 1. The number of hydrogen-bond acceptors (Lipinski definition) is 4. The number of nitrogens with zero attached hydrogens (tertiary/aromatic N) is 1. The molecule has 0 unspecified atom stereocenters. The second-order valence-corrected chi connectivity index (χ2v) is 9.16. The molecule has 0 radical (unpaired) electrons. The van der Waals surface area contributed by atoms with E-state index in [-0.39, 0.29) is 17.5 Å². The molecule has 1 fully saturated rings. The van der Waals surface area contributed by atoms with E-state index in [1.165, 1.54) is 16.4 Å². The molecule has 30 heavy (non-hydrogen) atoms. The maximum absolute atomic E-state index is 13.3. The van der Waals surface area contributed by atoms with E-state index in [0.29, 0.717) is 30.9 Å². The number of halogens is 1. The molecule has 0 aliphatic heterocycles. The van der Waals surface area contributed by atoms with Crippen molar-refractivity contribution >= 4 is 21.6 Å². The lowest BCUT2D eigenvalue weighted by Gasteiger charge is -2.33. The van der Waals surface area contributed by atoms with Crippen LogP contribution in [-0.4, -0.2) is 37.8 Å². The van der Waals surface area contributed by atoms with E-state index in [9.17, 15) is 17.6 Å². The minimum atomic E-state index is -3.95. The van der Waals surface area contributed by atoms with Gasteiger partial charge in [0.05, 0.1) is 23.7 Å². The van der Waals surface area contributed by atoms with Crippen LogP contribution in [0.25, 0.3) is 0 Å². The highest BCUT2D eigenvalue weighted by atomic mass is 32.2. The Hall–Kier alpha value is -2.45. The summed E-state index contributed by atoms with van der Waals surface area (Å²) in [6.07, 6.45) is 4.27. The maximum atomic E-state index is 13.3. The Morgan fingerprint density at radius 1 is 1.10 bits per heavy atom. The number of carbonyl (C=O) groups excluding carboxylic acids is 1. The van der Waals surface area contributed by atoms with E-state index in [2.05, 4.69) is 5.32 Å². The summed E-state index contributed by atoms with van der Waals surface area (Å²) in [6.45, 7) is 1.98. The van der Waals surface area contributed by atoms with E-state index in [0.717, 1.165) is 31.4 Å². The fourth-order valence-corrected chi connectivity index (χ4v) is 5.35. The van der Waals surface area contributed by atoms with Gasteiger partial charge in [0.15, 0.2) is 0 Å². The molecule has 2 aromatic carbocycles. The van der Waals surface area contributed by atoms with Crippen molar-refractivity contribution in [3.63, 3.8) is 0 Å². The van der Waals surface area contributed by atoms with Gasteiger partial charge in [-0.1, -0.05) is 31.4 Å². The van der Waals surface area contributed by atoms with E-state index < -0.39 is 21.7 Å². The average Bonchev–Trinajstić information content (AvgIpc) is 2.74. The zero-order chi connectivity index (χ0) is 21.6. The Morgan fingerprint density at radius 3 is 2.43 bits per heavy atom. The summed E-state index contributed by atoms with van der Waals surface area (Å²) in [6, 6.07) is 11.5. The summed E-state index contributed by atoms with van der Waals surface area (Å²) in [5.41, 5.74) is 0.493. The van der Waals surface area contributed by atoms with Crippen molar-refractivity contribution in [3.05, 3.63) is 54.3 Å². The third-order valence-electron chi connectivity index (χ3n) is 5.16. The van der Waals surface area contributed by atoms with Gasteiger partial charge in [-0.3, -0.25) is 4.79 Å². The molecule has 1 saturated carbocycles. The van der Waals surface area contributed by atoms with Gasteiger partial charge in [-0.05, 0) is 56.2 Å². The average molecular weight is 435 g/mol. The minimum Gasteiger partial charge on any atom is -0.492 e. The summed E-state index contributed by atoms with van der Waals surface area (Å²) in [5.74, 6) is -0.430. The predicted molar refractivity (Wildman–Crippen MR) is 113 cm³/mol. The van der Waals surface area contributed by atoms with Gasteiger partial charge in [-0.25, -0.2) is 12.8 Å². The second-order valence-electron chi connectivity index (χ2n) is 7.27. The highest BCUT2D eigenvalue weighted by molar-refractivity contribution is 7.89. The van der Waals surface area contributed by atoms with Crippen molar-refractivity contribution in [2.75, 3.05) is 18.5 Å². The third-order valence-corrected chi connectivity index (χ3v) is 7.08. The molecule has 0 saturated heterocycles. The number of para-hydroxylation sites is 2. The molecule has 6 nitrogen and oxygen atoms in total. The fourth-order valence-electron chi connectivity index (χ4n) is 3.70. The molecular weight excluding hydrogens is 407 g/mol. The lowest BCUT2D eigenvalue weighted by Crippen LogP contribution is -2.45. The Bertz CT molecular complexity index is 957. The Morgan fingerprint density at radius 2 is 1.77 bits per heavy atom. The second kappa shape index (κ2) is 10.0. The monoisotopic (exact) mass is 434 g/mol. The normalized spacial score (nSPS) is 15.2. The van der Waals surface area contributed by atoms with Gasteiger partial charge in [0.25, 0.3) is 0 Å². The van der Waals surface area contributed by atoms with E-state index in [1.54, 1.807) is 24.3 Å². The zero-order valence-electron chi connectivity index (χ0n) is 17.0. The summed E-state index contributed by atoms with van der Waals surface area (Å²) in [5, 5.41) is 2.77. The summed E-state index contributed by atoms with van der Waals surface area (Å²) in [4.78, 5) is 12.8. The molecule has 0 heterocycles. The molecule has 1 aliphatic rings. The number of hydrogen-bond donors (Lipinski definition) is 1. The van der Waals surface area contributed by atoms with E-state index in [1.807, 2.05) is 6.92 Å². The van der Waals surface area contributed by atoms with E-state index in [4.69, 9.17) is 4.74 Å². The first kappa shape index (κ1) is 22.2. The molecule has 0 spiro atoms. The van der Waals surface area contributed by atoms with Crippen LogP contribution < -0.4 is 10.1 Å². The summed E-state index contributed by atoms with van der Waals surface area (Å²) < 4.78 is 46.7. The standard InChI is InChI=1S/C22H27FN2O4S/c1-2-29-21-11-7-6-10-20(21)24-22(26)16-25(18-8-4-3-5-9-18)30(27,28)19-14-12-17(23)13-15-19/h6-7,10-15,18H,2-5,8-9,16H2,1H3,(H,24,26). The molecular formula is C22H27FN2O4S. The van der Waals surface area contributed by atoms with Crippen molar-refractivity contribution in [3.8, 4) is 5.75 Å². The van der Waals surface area contributed by atoms with Crippen molar-refractivity contribution < 1.29 is 22.3 Å². The molecule has 1 amide bonds. The number of carbonyl (C=O) groups is 1. The number of amides is 1. The lowest BCUT2D eigenvalue weighted by molar-refractivity contribution is -0.116. The van der Waals surface area contributed by atoms with Crippen molar-refractivity contribution in [1.29, 1.82) is 0 Å². The quantitative estimate of drug-likeness (QED) is 0.676. The minimum absolute atomic E-state index is 0.0167. The topological polar surface area (TPSA) is 75.7 Å². The molecule has 3 rings (SSSR count). The molecule has 0 aromatic heterocycles. The van der Waals surface area contributed by atoms with Crippen LogP contribution in [-0.2, 0) is 14.8 Å². The molecule has 2 aromatic rings. The van der Waals surface area contributed by atoms with Gasteiger partial charge >= 0.3 is 0 Å². The van der Waals surface area contributed by atoms with Gasteiger partial charge in [0.2, 0.25) is 15.9 Å². The number of rotatable bonds is 8. The van der Waals surface area contributed by atoms with Crippen molar-refractivity contribution in [1.82, 2.24) is 4.31 Å². The van der Waals surface area contributed by atoms with Crippen LogP contribution in [0.1, 0.15) is 39.0 Å². The lowest BCUT2D eigenvalue weighted by atomic mass is 9.95. The molecule has 0 bridgehead atoms. The van der Waals surface area contributed by atoms with Gasteiger partial charge in [0.1, 0.15) is 11.6 Å². The van der Waals surface area contributed by atoms with Crippen LogP contribution in [0.2, 0.25) is 0 Å². The first-order valence-electron chi connectivity index (χ1n) is 10.2. The fraction of sp³-hybridized carbons (Fsp3) is 0.409. The Labute approximate surface area is 177 Å². The van der Waals surface area contributed by atoms with Gasteiger partial charge in [-0.15, -0.1) is 0 Å². The molecule has 1 N–H and O–H groups in total. The van der Waals surface area contributed by atoms with Gasteiger partial charge < -0.3 is 10.1 Å². The van der Waals surface area contributed by atoms with Crippen LogP contribution in [0.3, 0.4) is 0 Å². The van der Waals surface area contributed by atoms with Crippen LogP contribution in [0.15, 0.2) is 53.4 Å². The van der Waals surface area contributed by atoms with Crippen LogP contribution in [0.5, 0.6) is 5.75 Å². The molecule has 162 valence electrons. The van der Waals surface area contributed by atoms with Crippen LogP contribution in [0.4, 0.5) is 10.1 Å². The third kappa shape index (κ3) is 5.37. The Balaban J connectivity index is 1.84. The smallest absolute Gasteiger partial charge is 0.243 e. The van der Waals surface area contributed by atoms with Crippen LogP contribution >= 0.6 is 0 Å². The molecule has 1 aliphatic carbocycles. The zero-order valence-corrected chi connectivity index (χ0v) is 17.8. The van der Waals surface area contributed by atoms with Crippen molar-refractivity contribution in [2.45, 2.75) is 50.0 Å². The Kier molecular flexibility index (Phi) is 7.44. The summed E-state index contributed by atoms with van der Waals surface area (Å²) >= 11 is 0. The van der Waals surface area contributed by atoms with Gasteiger partial charge in [0, 0.05) is 6.04 Å².